The molecule has 2 aromatic rings. The summed E-state index contributed by atoms with van der Waals surface area (Å²) in [5.74, 6) is 2.49. The highest BCUT2D eigenvalue weighted by Gasteiger charge is 2.34. The third-order valence-corrected chi connectivity index (χ3v) is 8.05. The van der Waals surface area contributed by atoms with E-state index in [2.05, 4.69) is 26.8 Å². The molecule has 0 N–H and O–H groups in total. The Hall–Kier alpha value is -2.45. The second-order valence-electron chi connectivity index (χ2n) is 8.08. The Morgan fingerprint density at radius 3 is 2.38 bits per heavy atom. The van der Waals surface area contributed by atoms with Gasteiger partial charge >= 0.3 is 0 Å². The van der Waals surface area contributed by atoms with Crippen molar-refractivity contribution >= 4 is 37.3 Å². The normalized spacial score (nSPS) is 15.1. The zero-order valence-corrected chi connectivity index (χ0v) is 21.6. The van der Waals surface area contributed by atoms with E-state index in [1.165, 1.54) is 15.9 Å². The number of terminal acetylenes is 1. The second-order valence-corrected chi connectivity index (χ2v) is 10.8. The minimum Gasteiger partial charge on any atom is -0.369 e. The molecule has 1 fully saturated rings. The van der Waals surface area contributed by atoms with Crippen LogP contribution < -0.4 is 4.90 Å². The molecule has 1 aliphatic rings. The third kappa shape index (κ3) is 5.96. The van der Waals surface area contributed by atoms with E-state index in [4.69, 9.17) is 6.42 Å². The van der Waals surface area contributed by atoms with E-state index in [0.29, 0.717) is 50.3 Å². The van der Waals surface area contributed by atoms with E-state index in [1.54, 1.807) is 0 Å². The van der Waals surface area contributed by atoms with Crippen molar-refractivity contribution in [1.29, 1.82) is 0 Å². The van der Waals surface area contributed by atoms with E-state index < -0.39 is 14.9 Å². The van der Waals surface area contributed by atoms with Gasteiger partial charge in [-0.3, -0.25) is 15.0 Å². The van der Waals surface area contributed by atoms with Gasteiger partial charge in [0.1, 0.15) is 4.90 Å². The van der Waals surface area contributed by atoms with E-state index >= 15 is 0 Å². The Bertz CT molecular complexity index is 1140. The molecule has 0 bridgehead atoms. The Morgan fingerprint density at radius 1 is 1.15 bits per heavy atom. The minimum absolute atomic E-state index is 0.0967. The number of anilines is 1. The summed E-state index contributed by atoms with van der Waals surface area (Å²) in [5, 5.41) is 12.2. The lowest BCUT2D eigenvalue weighted by atomic mass is 10.1. The van der Waals surface area contributed by atoms with Crippen LogP contribution in [0, 0.1) is 22.5 Å². The summed E-state index contributed by atoms with van der Waals surface area (Å²) in [6.45, 7) is 5.57. The first kappa shape index (κ1) is 26.2. The number of rotatable bonds is 10. The maximum atomic E-state index is 13.8. The lowest BCUT2D eigenvalue weighted by molar-refractivity contribution is -0.385. The molecule has 1 heterocycles. The number of nitro groups is 1. The van der Waals surface area contributed by atoms with Gasteiger partial charge in [-0.25, -0.2) is 8.42 Å². The molecule has 1 aliphatic heterocycles. The van der Waals surface area contributed by atoms with Crippen LogP contribution >= 0.6 is 15.9 Å². The fourth-order valence-electron chi connectivity index (χ4n) is 4.15. The highest BCUT2D eigenvalue weighted by molar-refractivity contribution is 9.09. The largest absolute Gasteiger partial charge is 0.369 e. The zero-order valence-electron chi connectivity index (χ0n) is 19.2. The van der Waals surface area contributed by atoms with Crippen LogP contribution in [0.2, 0.25) is 0 Å². The molecule has 0 unspecified atom stereocenters. The van der Waals surface area contributed by atoms with Crippen molar-refractivity contribution < 1.29 is 13.3 Å². The van der Waals surface area contributed by atoms with Crippen molar-refractivity contribution in [2.75, 3.05) is 49.5 Å². The molecular weight excluding hydrogens is 520 g/mol. The quantitative estimate of drug-likeness (QED) is 0.195. The smallest absolute Gasteiger partial charge is 0.272 e. The van der Waals surface area contributed by atoms with E-state index in [1.807, 2.05) is 42.2 Å². The molecule has 3 rings (SSSR count). The summed E-state index contributed by atoms with van der Waals surface area (Å²) in [6, 6.07) is 12.5. The van der Waals surface area contributed by atoms with Crippen LogP contribution in [0.15, 0.2) is 47.4 Å². The molecule has 0 spiro atoms. The molecular formula is C24H29BrN4O4S. The number of nitrogens with zero attached hydrogens (tertiary/aromatic N) is 4. The molecule has 0 amide bonds. The number of piperazine rings is 1. The predicted molar refractivity (Wildman–Crippen MR) is 138 cm³/mol. The van der Waals surface area contributed by atoms with Crippen LogP contribution in [0.25, 0.3) is 0 Å². The molecule has 10 heteroatoms. The van der Waals surface area contributed by atoms with Gasteiger partial charge in [0.2, 0.25) is 10.0 Å². The average molecular weight is 549 g/mol. The van der Waals surface area contributed by atoms with Gasteiger partial charge < -0.3 is 4.90 Å². The number of alkyl halides is 1. The number of sulfonamides is 1. The first-order valence-corrected chi connectivity index (χ1v) is 13.7. The predicted octanol–water partition coefficient (Wildman–Crippen LogP) is 3.69. The maximum absolute atomic E-state index is 13.8. The molecule has 182 valence electrons. The summed E-state index contributed by atoms with van der Waals surface area (Å²) in [7, 11) is -4.01. The molecule has 0 atom stereocenters. The first-order valence-electron chi connectivity index (χ1n) is 11.2. The highest BCUT2D eigenvalue weighted by atomic mass is 79.9. The number of benzene rings is 2. The lowest BCUT2D eigenvalue weighted by Crippen LogP contribution is -2.48. The fourth-order valence-corrected chi connectivity index (χ4v) is 6.25. The van der Waals surface area contributed by atoms with Crippen LogP contribution in [0.4, 0.5) is 11.4 Å². The summed E-state index contributed by atoms with van der Waals surface area (Å²) in [4.78, 5) is 15.0. The Morgan fingerprint density at radius 2 is 1.82 bits per heavy atom. The molecule has 34 heavy (non-hydrogen) atoms. The Labute approximate surface area is 209 Å². The number of hydrogen-bond donors (Lipinski definition) is 0. The fraction of sp³-hybridized carbons (Fsp3) is 0.417. The van der Waals surface area contributed by atoms with Gasteiger partial charge in [-0.15, -0.1) is 6.42 Å². The molecule has 8 nitrogen and oxygen atoms in total. The van der Waals surface area contributed by atoms with Gasteiger partial charge in [-0.2, -0.15) is 4.31 Å². The molecule has 0 aliphatic carbocycles. The first-order chi connectivity index (χ1) is 16.3. The van der Waals surface area contributed by atoms with Crippen LogP contribution in [0.3, 0.4) is 0 Å². The molecule has 2 aromatic carbocycles. The second kappa shape index (κ2) is 11.8. The number of halogens is 1. The van der Waals surface area contributed by atoms with Crippen molar-refractivity contribution in [1.82, 2.24) is 9.21 Å². The van der Waals surface area contributed by atoms with Gasteiger partial charge in [0, 0.05) is 63.3 Å². The van der Waals surface area contributed by atoms with Gasteiger partial charge in [-0.1, -0.05) is 59.1 Å². The summed E-state index contributed by atoms with van der Waals surface area (Å²) in [5.41, 5.74) is 1.42. The third-order valence-electron chi connectivity index (χ3n) is 5.79. The molecule has 1 saturated heterocycles. The lowest BCUT2D eigenvalue weighted by Gasteiger charge is -2.35. The molecule has 0 saturated carbocycles. The highest BCUT2D eigenvalue weighted by Crippen LogP contribution is 2.36. The zero-order chi connectivity index (χ0) is 24.7. The topological polar surface area (TPSA) is 87.0 Å². The van der Waals surface area contributed by atoms with E-state index in [9.17, 15) is 18.5 Å². The standard InChI is InChI=1S/C24H29BrN4O4S/c1-3-11-27(12-10-25)24-21(4-2)17-22(29(30)31)18-23(24)34(32,33)28-15-13-26(14-16-28)19-20-8-6-5-7-9-20/h2,5-9,17-18H,3,10-16,19H2,1H3. The number of hydrogen-bond acceptors (Lipinski definition) is 6. The number of nitro benzene ring substituents is 1. The van der Waals surface area contributed by atoms with Gasteiger partial charge in [0.25, 0.3) is 5.69 Å². The van der Waals surface area contributed by atoms with Crippen LogP contribution in [-0.2, 0) is 16.6 Å². The summed E-state index contributed by atoms with van der Waals surface area (Å²) >= 11 is 3.42. The monoisotopic (exact) mass is 548 g/mol. The van der Waals surface area contributed by atoms with Crippen molar-refractivity contribution in [2.45, 2.75) is 24.8 Å². The molecule has 0 radical (unpaired) electrons. The SMILES string of the molecule is C#Cc1cc([N+](=O)[O-])cc(S(=O)(=O)N2CCN(Cc3ccccc3)CC2)c1N(CCC)CCBr. The van der Waals surface area contributed by atoms with Crippen molar-refractivity contribution in [3.05, 3.63) is 63.7 Å². The van der Waals surface area contributed by atoms with Gasteiger partial charge in [0.05, 0.1) is 16.2 Å². The van der Waals surface area contributed by atoms with E-state index in [-0.39, 0.29) is 16.1 Å². The van der Waals surface area contributed by atoms with E-state index in [0.717, 1.165) is 19.0 Å². The van der Waals surface area contributed by atoms with Crippen LogP contribution in [-0.4, -0.2) is 67.1 Å². The van der Waals surface area contributed by atoms with Crippen molar-refractivity contribution in [3.8, 4) is 12.3 Å². The summed E-state index contributed by atoms with van der Waals surface area (Å²) < 4.78 is 29.0. The van der Waals surface area contributed by atoms with Crippen LogP contribution in [0.1, 0.15) is 24.5 Å². The van der Waals surface area contributed by atoms with Crippen molar-refractivity contribution in [3.63, 3.8) is 0 Å². The number of non-ortho nitro benzene ring substituents is 1. The maximum Gasteiger partial charge on any atom is 0.272 e. The minimum atomic E-state index is -4.01. The van der Waals surface area contributed by atoms with Gasteiger partial charge in [-0.05, 0) is 12.0 Å². The van der Waals surface area contributed by atoms with Crippen molar-refractivity contribution in [2.24, 2.45) is 0 Å². The Kier molecular flexibility index (Phi) is 9.08. The Balaban J connectivity index is 1.95. The summed E-state index contributed by atoms with van der Waals surface area (Å²) in [6.07, 6.45) is 6.48. The van der Waals surface area contributed by atoms with Crippen LogP contribution in [0.5, 0.6) is 0 Å². The average Bonchev–Trinajstić information content (AvgIpc) is 2.84. The van der Waals surface area contributed by atoms with Gasteiger partial charge in [0.15, 0.2) is 0 Å². The molecule has 0 aromatic heterocycles.